The molecule has 1 aliphatic heterocycles. The summed E-state index contributed by atoms with van der Waals surface area (Å²) < 4.78 is 5.80. The second-order valence-corrected chi connectivity index (χ2v) is 6.51. The van der Waals surface area contributed by atoms with Crippen LogP contribution in [0.4, 0.5) is 4.79 Å². The molecule has 3 rings (SSSR count). The Bertz CT molecular complexity index is 821. The van der Waals surface area contributed by atoms with E-state index in [1.165, 1.54) is 0 Å². The summed E-state index contributed by atoms with van der Waals surface area (Å²) in [6, 6.07) is 18.1. The number of carboxylic acid groups (broad SMARTS) is 1. The fourth-order valence-electron chi connectivity index (χ4n) is 3.14. The van der Waals surface area contributed by atoms with E-state index in [2.05, 4.69) is 10.3 Å². The predicted octanol–water partition coefficient (Wildman–Crippen LogP) is 3.38. The molecule has 0 spiro atoms. The molecule has 0 saturated heterocycles. The molecule has 0 radical (unpaired) electrons. The first-order valence-corrected chi connectivity index (χ1v) is 8.91. The van der Waals surface area contributed by atoms with Gasteiger partial charge in [-0.1, -0.05) is 60.7 Å². The van der Waals surface area contributed by atoms with Crippen molar-refractivity contribution in [2.75, 3.05) is 0 Å². The van der Waals surface area contributed by atoms with Gasteiger partial charge in [0.05, 0.1) is 6.04 Å². The van der Waals surface area contributed by atoms with Gasteiger partial charge in [0, 0.05) is 0 Å². The summed E-state index contributed by atoms with van der Waals surface area (Å²) in [5.41, 5.74) is 1.97. The molecule has 0 aliphatic carbocycles. The summed E-state index contributed by atoms with van der Waals surface area (Å²) >= 11 is 0. The van der Waals surface area contributed by atoms with Gasteiger partial charge in [0.15, 0.2) is 0 Å². The molecule has 1 amide bonds. The van der Waals surface area contributed by atoms with Gasteiger partial charge in [-0.3, -0.25) is 4.79 Å². The predicted molar refractivity (Wildman–Crippen MR) is 102 cm³/mol. The molecule has 3 atom stereocenters. The van der Waals surface area contributed by atoms with Crippen molar-refractivity contribution in [3.63, 3.8) is 0 Å². The minimum Gasteiger partial charge on any atom is -0.465 e. The molecule has 2 N–H and O–H groups in total. The molecular weight excluding hydrogens is 344 g/mol. The van der Waals surface area contributed by atoms with Crippen LogP contribution in [0, 0.1) is 0 Å². The summed E-state index contributed by atoms with van der Waals surface area (Å²) in [5.74, 6) is -0.443. The Hall–Kier alpha value is -3.15. The third-order valence-corrected chi connectivity index (χ3v) is 4.52. The van der Waals surface area contributed by atoms with Gasteiger partial charge in [-0.2, -0.15) is 0 Å². The number of carbonyl (C=O) groups is 2. The fraction of sp³-hybridized carbons (Fsp3) is 0.286. The third-order valence-electron chi connectivity index (χ3n) is 4.52. The number of rotatable bonds is 7. The summed E-state index contributed by atoms with van der Waals surface area (Å²) in [5, 5.41) is 11.4. The van der Waals surface area contributed by atoms with Crippen LogP contribution in [0.25, 0.3) is 0 Å². The van der Waals surface area contributed by atoms with Crippen LogP contribution in [0.15, 0.2) is 65.7 Å². The van der Waals surface area contributed by atoms with E-state index < -0.39 is 17.9 Å². The highest BCUT2D eigenvalue weighted by Gasteiger charge is 2.35. The van der Waals surface area contributed by atoms with Crippen molar-refractivity contribution in [1.82, 2.24) is 5.32 Å². The van der Waals surface area contributed by atoms with Gasteiger partial charge >= 0.3 is 6.09 Å². The number of ether oxygens (including phenoxy) is 1. The van der Waals surface area contributed by atoms with E-state index in [4.69, 9.17) is 9.84 Å². The molecular formula is C21H22N2O4. The first-order chi connectivity index (χ1) is 13.0. The Kier molecular flexibility index (Phi) is 5.86. The molecule has 6 heteroatoms. The van der Waals surface area contributed by atoms with Gasteiger partial charge in [-0.05, 0) is 30.9 Å². The number of aryl methyl sites for hydroxylation is 1. The topological polar surface area (TPSA) is 88.0 Å². The van der Waals surface area contributed by atoms with E-state index in [-0.39, 0.29) is 18.0 Å². The molecule has 27 heavy (non-hydrogen) atoms. The van der Waals surface area contributed by atoms with Gasteiger partial charge in [-0.15, -0.1) is 0 Å². The second kappa shape index (κ2) is 8.49. The quantitative estimate of drug-likeness (QED) is 0.786. The Morgan fingerprint density at radius 3 is 2.37 bits per heavy atom. The van der Waals surface area contributed by atoms with E-state index in [0.717, 1.165) is 11.1 Å². The van der Waals surface area contributed by atoms with Crippen LogP contribution in [-0.2, 0) is 16.0 Å². The maximum atomic E-state index is 12.8. The third kappa shape index (κ3) is 4.73. The first-order valence-electron chi connectivity index (χ1n) is 8.91. The first kappa shape index (κ1) is 18.6. The van der Waals surface area contributed by atoms with E-state index in [0.29, 0.717) is 12.8 Å². The van der Waals surface area contributed by atoms with Crippen molar-refractivity contribution in [3.05, 3.63) is 71.8 Å². The number of ketones is 1. The van der Waals surface area contributed by atoms with Crippen molar-refractivity contribution in [2.24, 2.45) is 4.99 Å². The Balaban J connectivity index is 1.70. The monoisotopic (exact) mass is 366 g/mol. The minimum atomic E-state index is -1.24. The van der Waals surface area contributed by atoms with Gasteiger partial charge < -0.3 is 15.2 Å². The number of amides is 1. The Labute approximate surface area is 157 Å². The molecule has 1 unspecified atom stereocenters. The molecule has 0 fully saturated rings. The van der Waals surface area contributed by atoms with Crippen molar-refractivity contribution in [3.8, 4) is 0 Å². The molecule has 0 bridgehead atoms. The maximum absolute atomic E-state index is 12.8. The van der Waals surface area contributed by atoms with Crippen molar-refractivity contribution in [2.45, 2.75) is 38.0 Å². The molecule has 0 aromatic heterocycles. The number of aliphatic imine (C=N–C) groups is 1. The largest absolute Gasteiger partial charge is 0.465 e. The lowest BCUT2D eigenvalue weighted by molar-refractivity contribution is -0.116. The SMILES string of the molecule is C[C@@H]1N=C(C(=O)C(CCc2ccccc2)NC(=O)O)O[C@H]1c1ccccc1. The highest BCUT2D eigenvalue weighted by molar-refractivity contribution is 6.39. The molecule has 2 aromatic carbocycles. The number of Topliss-reactive ketones (excluding diaryl/α,β-unsaturated/α-hetero) is 1. The van der Waals surface area contributed by atoms with Crippen LogP contribution in [0.3, 0.4) is 0 Å². The normalized spacial score (nSPS) is 19.7. The van der Waals surface area contributed by atoms with Crippen LogP contribution >= 0.6 is 0 Å². The summed E-state index contributed by atoms with van der Waals surface area (Å²) in [7, 11) is 0. The van der Waals surface area contributed by atoms with Gasteiger partial charge in [-0.25, -0.2) is 9.79 Å². The molecule has 2 aromatic rings. The summed E-state index contributed by atoms with van der Waals surface area (Å²) in [6.45, 7) is 1.88. The number of hydrogen-bond acceptors (Lipinski definition) is 4. The fourth-order valence-corrected chi connectivity index (χ4v) is 3.14. The smallest absolute Gasteiger partial charge is 0.405 e. The van der Waals surface area contributed by atoms with Crippen molar-refractivity contribution < 1.29 is 19.4 Å². The molecule has 140 valence electrons. The lowest BCUT2D eigenvalue weighted by Gasteiger charge is -2.17. The van der Waals surface area contributed by atoms with Crippen molar-refractivity contribution >= 4 is 17.8 Å². The van der Waals surface area contributed by atoms with E-state index in [1.54, 1.807) is 0 Å². The lowest BCUT2D eigenvalue weighted by Crippen LogP contribution is -2.43. The number of nitrogens with zero attached hydrogens (tertiary/aromatic N) is 1. The number of nitrogens with one attached hydrogen (secondary N) is 1. The Morgan fingerprint density at radius 2 is 1.74 bits per heavy atom. The molecule has 1 aliphatic rings. The van der Waals surface area contributed by atoms with Crippen LogP contribution in [0.5, 0.6) is 0 Å². The Morgan fingerprint density at radius 1 is 1.11 bits per heavy atom. The van der Waals surface area contributed by atoms with E-state index >= 15 is 0 Å². The average Bonchev–Trinajstić information content (AvgIpc) is 3.07. The van der Waals surface area contributed by atoms with E-state index in [1.807, 2.05) is 67.6 Å². The minimum absolute atomic E-state index is 0.0110. The molecule has 6 nitrogen and oxygen atoms in total. The lowest BCUT2D eigenvalue weighted by atomic mass is 10.0. The second-order valence-electron chi connectivity index (χ2n) is 6.51. The average molecular weight is 366 g/mol. The highest BCUT2D eigenvalue weighted by Crippen LogP contribution is 2.29. The zero-order valence-corrected chi connectivity index (χ0v) is 15.0. The van der Waals surface area contributed by atoms with Crippen LogP contribution in [-0.4, -0.2) is 35.0 Å². The van der Waals surface area contributed by atoms with Crippen LogP contribution in [0.2, 0.25) is 0 Å². The maximum Gasteiger partial charge on any atom is 0.405 e. The standard InChI is InChI=1S/C21H22N2O4/c1-14-19(16-10-6-3-7-11-16)27-20(22-14)18(24)17(23-21(25)26)13-12-15-8-4-2-5-9-15/h2-11,14,17,19,23H,12-13H2,1H3,(H,25,26)/t14-,17?,19+/m0/s1. The summed E-state index contributed by atoms with van der Waals surface area (Å²) in [4.78, 5) is 28.3. The zero-order chi connectivity index (χ0) is 19.2. The number of hydrogen-bond donors (Lipinski definition) is 2. The van der Waals surface area contributed by atoms with Gasteiger partial charge in [0.25, 0.3) is 5.90 Å². The highest BCUT2D eigenvalue weighted by atomic mass is 16.5. The van der Waals surface area contributed by atoms with Gasteiger partial charge in [0.1, 0.15) is 12.1 Å². The zero-order valence-electron chi connectivity index (χ0n) is 15.0. The molecule has 0 saturated carbocycles. The van der Waals surface area contributed by atoms with Gasteiger partial charge in [0.2, 0.25) is 5.78 Å². The molecule has 1 heterocycles. The van der Waals surface area contributed by atoms with E-state index in [9.17, 15) is 9.59 Å². The summed E-state index contributed by atoms with van der Waals surface area (Å²) in [6.07, 6.45) is -0.679. The number of carbonyl (C=O) groups excluding carboxylic acids is 1. The van der Waals surface area contributed by atoms with Crippen LogP contribution in [0.1, 0.15) is 30.6 Å². The van der Waals surface area contributed by atoms with Crippen molar-refractivity contribution in [1.29, 1.82) is 0 Å². The van der Waals surface area contributed by atoms with Crippen LogP contribution < -0.4 is 5.32 Å². The number of benzene rings is 2.